The number of hydrogen-bond acceptors (Lipinski definition) is 2. The summed E-state index contributed by atoms with van der Waals surface area (Å²) in [5.41, 5.74) is 1.81. The quantitative estimate of drug-likeness (QED) is 0.889. The molecule has 0 radical (unpaired) electrons. The highest BCUT2D eigenvalue weighted by Gasteiger charge is 2.10. The summed E-state index contributed by atoms with van der Waals surface area (Å²) in [5, 5.41) is 4.79. The number of thiophene rings is 1. The topological polar surface area (TPSA) is 29.1 Å². The van der Waals surface area contributed by atoms with Crippen molar-refractivity contribution in [3.63, 3.8) is 0 Å². The van der Waals surface area contributed by atoms with Crippen molar-refractivity contribution >= 4 is 38.9 Å². The van der Waals surface area contributed by atoms with E-state index in [0.717, 1.165) is 20.6 Å². The summed E-state index contributed by atoms with van der Waals surface area (Å²) in [5.74, 6) is -0.0504. The molecule has 0 unspecified atom stereocenters. The smallest absolute Gasteiger partial charge is 0.265 e. The Balaban J connectivity index is 2.17. The summed E-state index contributed by atoms with van der Waals surface area (Å²) in [4.78, 5) is 12.7. The maximum Gasteiger partial charge on any atom is 0.265 e. The number of amides is 1. The first-order valence-corrected chi connectivity index (χ1v) is 6.45. The minimum Gasteiger partial charge on any atom is -0.321 e. The molecule has 82 valence electrons. The van der Waals surface area contributed by atoms with Crippen LogP contribution < -0.4 is 5.32 Å². The third-order valence-corrected chi connectivity index (χ3v) is 3.66. The molecule has 0 aliphatic carbocycles. The normalized spacial score (nSPS) is 10.1. The third-order valence-electron chi connectivity index (χ3n) is 2.15. The molecule has 1 amide bonds. The number of carbonyl (C=O) groups excluding carboxylic acids is 1. The highest BCUT2D eigenvalue weighted by atomic mass is 79.9. The van der Waals surface area contributed by atoms with Crippen molar-refractivity contribution in [3.05, 3.63) is 50.6 Å². The summed E-state index contributed by atoms with van der Waals surface area (Å²) in [6.07, 6.45) is 0. The van der Waals surface area contributed by atoms with E-state index in [1.807, 2.05) is 42.6 Å². The predicted octanol–water partition coefficient (Wildman–Crippen LogP) is 4.07. The Labute approximate surface area is 106 Å². The van der Waals surface area contributed by atoms with Gasteiger partial charge in [-0.25, -0.2) is 0 Å². The van der Waals surface area contributed by atoms with E-state index in [9.17, 15) is 4.79 Å². The molecule has 2 aromatic rings. The van der Waals surface area contributed by atoms with Gasteiger partial charge < -0.3 is 5.32 Å². The molecule has 0 saturated carbocycles. The second kappa shape index (κ2) is 4.80. The predicted molar refractivity (Wildman–Crippen MR) is 71.2 cm³/mol. The number of aryl methyl sites for hydroxylation is 1. The SMILES string of the molecule is Cc1ccsc1C(=O)Nc1cccc(Br)c1. The molecule has 0 fully saturated rings. The van der Waals surface area contributed by atoms with Gasteiger partial charge in [-0.15, -0.1) is 11.3 Å². The van der Waals surface area contributed by atoms with Gasteiger partial charge in [0.15, 0.2) is 0 Å². The number of hydrogen-bond donors (Lipinski definition) is 1. The van der Waals surface area contributed by atoms with Crippen LogP contribution in [0.3, 0.4) is 0 Å². The van der Waals surface area contributed by atoms with Crippen molar-refractivity contribution in [2.45, 2.75) is 6.92 Å². The minimum absolute atomic E-state index is 0.0504. The maximum atomic E-state index is 11.9. The Hall–Kier alpha value is -1.13. The molecule has 4 heteroatoms. The molecule has 0 saturated heterocycles. The maximum absolute atomic E-state index is 11.9. The van der Waals surface area contributed by atoms with Gasteiger partial charge in [0.2, 0.25) is 0 Å². The van der Waals surface area contributed by atoms with Crippen LogP contribution in [0.15, 0.2) is 40.2 Å². The van der Waals surface area contributed by atoms with Crippen LogP contribution in [0.1, 0.15) is 15.2 Å². The van der Waals surface area contributed by atoms with Gasteiger partial charge in [-0.05, 0) is 42.1 Å². The van der Waals surface area contributed by atoms with Gasteiger partial charge in [0.1, 0.15) is 0 Å². The van der Waals surface area contributed by atoms with E-state index in [1.165, 1.54) is 11.3 Å². The van der Waals surface area contributed by atoms with E-state index in [1.54, 1.807) is 0 Å². The van der Waals surface area contributed by atoms with Gasteiger partial charge in [0.25, 0.3) is 5.91 Å². The second-order valence-corrected chi connectivity index (χ2v) is 5.23. The van der Waals surface area contributed by atoms with Crippen LogP contribution in [0.2, 0.25) is 0 Å². The monoisotopic (exact) mass is 295 g/mol. The molecular formula is C12H10BrNOS. The van der Waals surface area contributed by atoms with Crippen LogP contribution in [0.5, 0.6) is 0 Å². The van der Waals surface area contributed by atoms with Crippen LogP contribution in [0.25, 0.3) is 0 Å². The lowest BCUT2D eigenvalue weighted by atomic mass is 10.2. The average Bonchev–Trinajstić information content (AvgIpc) is 2.64. The van der Waals surface area contributed by atoms with Gasteiger partial charge in [-0.3, -0.25) is 4.79 Å². The molecular weight excluding hydrogens is 286 g/mol. The number of anilines is 1. The highest BCUT2D eigenvalue weighted by Crippen LogP contribution is 2.20. The first kappa shape index (κ1) is 11.4. The van der Waals surface area contributed by atoms with Crippen molar-refractivity contribution in [2.24, 2.45) is 0 Å². The molecule has 2 nitrogen and oxygen atoms in total. The van der Waals surface area contributed by atoms with Crippen LogP contribution in [-0.4, -0.2) is 5.91 Å². The Morgan fingerprint density at radius 2 is 2.19 bits per heavy atom. The second-order valence-electron chi connectivity index (χ2n) is 3.40. The first-order chi connectivity index (χ1) is 7.66. The zero-order valence-corrected chi connectivity index (χ0v) is 11.1. The summed E-state index contributed by atoms with van der Waals surface area (Å²) in [6.45, 7) is 1.94. The molecule has 0 spiro atoms. The van der Waals surface area contributed by atoms with E-state index >= 15 is 0 Å². The molecule has 0 bridgehead atoms. The lowest BCUT2D eigenvalue weighted by Gasteiger charge is -2.04. The number of carbonyl (C=O) groups is 1. The summed E-state index contributed by atoms with van der Waals surface area (Å²) >= 11 is 4.82. The van der Waals surface area contributed by atoms with Crippen molar-refractivity contribution in [1.29, 1.82) is 0 Å². The molecule has 1 aromatic heterocycles. The fourth-order valence-electron chi connectivity index (χ4n) is 1.36. The van der Waals surface area contributed by atoms with Crippen LogP contribution >= 0.6 is 27.3 Å². The lowest BCUT2D eigenvalue weighted by Crippen LogP contribution is -2.11. The van der Waals surface area contributed by atoms with Gasteiger partial charge in [0.05, 0.1) is 4.88 Å². The highest BCUT2D eigenvalue weighted by molar-refractivity contribution is 9.10. The van der Waals surface area contributed by atoms with Gasteiger partial charge in [-0.2, -0.15) is 0 Å². The Morgan fingerprint density at radius 1 is 1.38 bits per heavy atom. The molecule has 1 N–H and O–H groups in total. The third kappa shape index (κ3) is 2.51. The molecule has 0 aliphatic rings. The van der Waals surface area contributed by atoms with Crippen molar-refractivity contribution in [2.75, 3.05) is 5.32 Å². The van der Waals surface area contributed by atoms with E-state index in [2.05, 4.69) is 21.2 Å². The van der Waals surface area contributed by atoms with Crippen LogP contribution in [0, 0.1) is 6.92 Å². The van der Waals surface area contributed by atoms with Gasteiger partial charge >= 0.3 is 0 Å². The van der Waals surface area contributed by atoms with Crippen molar-refractivity contribution in [1.82, 2.24) is 0 Å². The summed E-state index contributed by atoms with van der Waals surface area (Å²) < 4.78 is 0.952. The Bertz CT molecular complexity index is 521. The molecule has 16 heavy (non-hydrogen) atoms. The van der Waals surface area contributed by atoms with E-state index in [-0.39, 0.29) is 5.91 Å². The molecule has 0 aliphatic heterocycles. The summed E-state index contributed by atoms with van der Waals surface area (Å²) in [7, 11) is 0. The molecule has 2 rings (SSSR count). The molecule has 1 heterocycles. The van der Waals surface area contributed by atoms with Crippen LogP contribution in [0.4, 0.5) is 5.69 Å². The summed E-state index contributed by atoms with van der Waals surface area (Å²) in [6, 6.07) is 9.50. The fraction of sp³-hybridized carbons (Fsp3) is 0.0833. The van der Waals surface area contributed by atoms with Crippen molar-refractivity contribution in [3.8, 4) is 0 Å². The zero-order chi connectivity index (χ0) is 11.5. The Kier molecular flexibility index (Phi) is 3.41. The number of benzene rings is 1. The molecule has 0 atom stereocenters. The lowest BCUT2D eigenvalue weighted by molar-refractivity contribution is 0.103. The standard InChI is InChI=1S/C12H10BrNOS/c1-8-5-6-16-11(8)12(15)14-10-4-2-3-9(13)7-10/h2-7H,1H3,(H,14,15). The fourth-order valence-corrected chi connectivity index (χ4v) is 2.58. The zero-order valence-electron chi connectivity index (χ0n) is 8.66. The van der Waals surface area contributed by atoms with Crippen molar-refractivity contribution < 1.29 is 4.79 Å². The number of nitrogens with one attached hydrogen (secondary N) is 1. The Morgan fingerprint density at radius 3 is 2.81 bits per heavy atom. The average molecular weight is 296 g/mol. The van der Waals surface area contributed by atoms with E-state index in [0.29, 0.717) is 0 Å². The van der Waals surface area contributed by atoms with E-state index in [4.69, 9.17) is 0 Å². The number of rotatable bonds is 2. The van der Waals surface area contributed by atoms with Gasteiger partial charge in [-0.1, -0.05) is 22.0 Å². The first-order valence-electron chi connectivity index (χ1n) is 4.78. The van der Waals surface area contributed by atoms with E-state index < -0.39 is 0 Å². The minimum atomic E-state index is -0.0504. The number of halogens is 1. The largest absolute Gasteiger partial charge is 0.321 e. The van der Waals surface area contributed by atoms with Crippen LogP contribution in [-0.2, 0) is 0 Å². The molecule has 1 aromatic carbocycles. The van der Waals surface area contributed by atoms with Gasteiger partial charge in [0, 0.05) is 10.2 Å².